The molecule has 0 atom stereocenters. The van der Waals surface area contributed by atoms with Gasteiger partial charge in [-0.1, -0.05) is 11.6 Å². The van der Waals surface area contributed by atoms with Gasteiger partial charge in [0.2, 0.25) is 0 Å². The van der Waals surface area contributed by atoms with Crippen molar-refractivity contribution in [2.75, 3.05) is 11.9 Å². The number of hydrogen-bond donors (Lipinski definition) is 1. The summed E-state index contributed by atoms with van der Waals surface area (Å²) in [5.41, 5.74) is 2.21. The monoisotopic (exact) mass is 385 g/mol. The van der Waals surface area contributed by atoms with Crippen molar-refractivity contribution >= 4 is 44.7 Å². The summed E-state index contributed by atoms with van der Waals surface area (Å²) in [6.07, 6.45) is 2.54. The molecule has 0 aliphatic heterocycles. The molecule has 1 aliphatic carbocycles. The number of aromatic nitrogens is 1. The number of hydrogen-bond acceptors (Lipinski definition) is 4. The van der Waals surface area contributed by atoms with Gasteiger partial charge in [-0.25, -0.2) is 4.98 Å². The van der Waals surface area contributed by atoms with Gasteiger partial charge >= 0.3 is 0 Å². The zero-order valence-electron chi connectivity index (χ0n) is 11.8. The zero-order valence-corrected chi connectivity index (χ0v) is 14.9. The predicted molar refractivity (Wildman–Crippen MR) is 93.2 cm³/mol. The first-order valence-corrected chi connectivity index (χ1v) is 9.00. The number of nitrogens with one attached hydrogen (secondary N) is 1. The molecule has 0 saturated heterocycles. The first-order chi connectivity index (χ1) is 10.1. The summed E-state index contributed by atoms with van der Waals surface area (Å²) in [5.74, 6) is 0.953. The summed E-state index contributed by atoms with van der Waals surface area (Å²) in [7, 11) is 2.06. The van der Waals surface area contributed by atoms with Crippen molar-refractivity contribution in [3.63, 3.8) is 0 Å². The minimum Gasteiger partial charge on any atom is -0.355 e. The average molecular weight is 387 g/mol. The van der Waals surface area contributed by atoms with Crippen molar-refractivity contribution in [2.24, 2.45) is 0 Å². The Morgan fingerprint density at radius 1 is 1.48 bits per heavy atom. The van der Waals surface area contributed by atoms with Crippen molar-refractivity contribution in [1.29, 1.82) is 0 Å². The Kier molecular flexibility index (Phi) is 4.84. The molecule has 1 fully saturated rings. The first kappa shape index (κ1) is 15.3. The maximum absolute atomic E-state index is 6.24. The largest absolute Gasteiger partial charge is 0.355 e. The van der Waals surface area contributed by atoms with Crippen LogP contribution >= 0.6 is 38.9 Å². The number of rotatable bonds is 6. The fraction of sp³-hybridized carbons (Fsp3) is 0.400. The lowest BCUT2D eigenvalue weighted by Gasteiger charge is -2.19. The summed E-state index contributed by atoms with van der Waals surface area (Å²) in [5, 5.41) is 6.36. The number of pyridine rings is 1. The quantitative estimate of drug-likeness (QED) is 0.795. The topological polar surface area (TPSA) is 28.2 Å². The summed E-state index contributed by atoms with van der Waals surface area (Å²) < 4.78 is 1.16. The lowest BCUT2D eigenvalue weighted by atomic mass is 10.3. The minimum absolute atomic E-state index is 0.660. The SMILES string of the molecule is CN(Cc1csc(Br)c1)c1ccc(Cl)c(CNC2CC2)n1. The molecule has 0 bridgehead atoms. The van der Waals surface area contributed by atoms with Gasteiger partial charge in [-0.2, -0.15) is 0 Å². The van der Waals surface area contributed by atoms with E-state index in [1.807, 2.05) is 12.1 Å². The normalized spacial score (nSPS) is 14.4. The molecule has 0 unspecified atom stereocenters. The number of thiophene rings is 1. The van der Waals surface area contributed by atoms with Crippen molar-refractivity contribution in [3.8, 4) is 0 Å². The molecule has 21 heavy (non-hydrogen) atoms. The van der Waals surface area contributed by atoms with Gasteiger partial charge in [0.05, 0.1) is 14.5 Å². The Hall–Kier alpha value is -0.620. The highest BCUT2D eigenvalue weighted by Crippen LogP contribution is 2.25. The molecule has 0 amide bonds. The van der Waals surface area contributed by atoms with E-state index in [9.17, 15) is 0 Å². The van der Waals surface area contributed by atoms with E-state index in [0.717, 1.165) is 33.4 Å². The molecule has 1 N–H and O–H groups in total. The second-order valence-electron chi connectivity index (χ2n) is 5.37. The minimum atomic E-state index is 0.660. The molecule has 1 saturated carbocycles. The van der Waals surface area contributed by atoms with Crippen LogP contribution in [0.5, 0.6) is 0 Å². The number of halogens is 2. The Labute approximate surface area is 142 Å². The van der Waals surface area contributed by atoms with Crippen molar-refractivity contribution < 1.29 is 0 Å². The standard InChI is InChI=1S/C15H17BrClN3S/c1-20(8-10-6-14(16)21-9-10)15-5-4-12(17)13(19-15)7-18-11-2-3-11/h4-6,9,11,18H,2-3,7-8H2,1H3. The first-order valence-electron chi connectivity index (χ1n) is 6.94. The van der Waals surface area contributed by atoms with E-state index in [0.29, 0.717) is 6.04 Å². The maximum Gasteiger partial charge on any atom is 0.129 e. The van der Waals surface area contributed by atoms with E-state index in [1.165, 1.54) is 18.4 Å². The van der Waals surface area contributed by atoms with Gasteiger partial charge in [-0.15, -0.1) is 11.3 Å². The fourth-order valence-corrected chi connectivity index (χ4v) is 3.49. The molecule has 2 aromatic heterocycles. The molecular weight excluding hydrogens is 370 g/mol. The van der Waals surface area contributed by atoms with Crippen LogP contribution in [-0.2, 0) is 13.1 Å². The van der Waals surface area contributed by atoms with Gasteiger partial charge in [0.25, 0.3) is 0 Å². The molecule has 0 spiro atoms. The Balaban J connectivity index is 1.69. The van der Waals surface area contributed by atoms with Gasteiger partial charge < -0.3 is 10.2 Å². The third kappa shape index (κ3) is 4.19. The molecule has 112 valence electrons. The molecule has 0 radical (unpaired) electrons. The van der Waals surface area contributed by atoms with Crippen LogP contribution in [-0.4, -0.2) is 18.1 Å². The molecule has 3 nitrogen and oxygen atoms in total. The van der Waals surface area contributed by atoms with E-state index >= 15 is 0 Å². The van der Waals surface area contributed by atoms with E-state index in [4.69, 9.17) is 16.6 Å². The number of anilines is 1. The Bertz CT molecular complexity index is 627. The second kappa shape index (κ2) is 6.65. The van der Waals surface area contributed by atoms with Crippen LogP contribution in [0.15, 0.2) is 27.4 Å². The van der Waals surface area contributed by atoms with E-state index < -0.39 is 0 Å². The Morgan fingerprint density at radius 2 is 2.29 bits per heavy atom. The molecule has 1 aliphatic rings. The summed E-state index contributed by atoms with van der Waals surface area (Å²) in [6, 6.07) is 6.72. The molecule has 6 heteroatoms. The van der Waals surface area contributed by atoms with Crippen molar-refractivity contribution in [3.05, 3.63) is 43.6 Å². The van der Waals surface area contributed by atoms with Crippen LogP contribution in [0.2, 0.25) is 5.02 Å². The van der Waals surface area contributed by atoms with Gasteiger partial charge in [-0.05, 0) is 57.9 Å². The summed E-state index contributed by atoms with van der Waals surface area (Å²) in [6.45, 7) is 1.58. The van der Waals surface area contributed by atoms with Crippen LogP contribution < -0.4 is 10.2 Å². The third-order valence-corrected chi connectivity index (χ3v) is 5.37. The summed E-state index contributed by atoms with van der Waals surface area (Å²) in [4.78, 5) is 6.84. The fourth-order valence-electron chi connectivity index (χ4n) is 2.12. The number of nitrogens with zero attached hydrogens (tertiary/aromatic N) is 2. The molecule has 2 aromatic rings. The van der Waals surface area contributed by atoms with E-state index in [2.05, 4.69) is 44.6 Å². The molecule has 0 aromatic carbocycles. The van der Waals surface area contributed by atoms with Gasteiger partial charge in [-0.3, -0.25) is 0 Å². The van der Waals surface area contributed by atoms with Gasteiger partial charge in [0.15, 0.2) is 0 Å². The summed E-state index contributed by atoms with van der Waals surface area (Å²) >= 11 is 11.4. The van der Waals surface area contributed by atoms with E-state index in [1.54, 1.807) is 11.3 Å². The predicted octanol–water partition coefficient (Wildman–Crippen LogP) is 4.45. The van der Waals surface area contributed by atoms with Gasteiger partial charge in [0, 0.05) is 26.2 Å². The van der Waals surface area contributed by atoms with Crippen LogP contribution in [0.25, 0.3) is 0 Å². The van der Waals surface area contributed by atoms with Gasteiger partial charge in [0.1, 0.15) is 5.82 Å². The molecular formula is C15H17BrClN3S. The van der Waals surface area contributed by atoms with Crippen LogP contribution in [0, 0.1) is 0 Å². The average Bonchev–Trinajstić information content (AvgIpc) is 3.20. The highest BCUT2D eigenvalue weighted by Gasteiger charge is 2.21. The highest BCUT2D eigenvalue weighted by atomic mass is 79.9. The highest BCUT2D eigenvalue weighted by molar-refractivity contribution is 9.11. The third-order valence-electron chi connectivity index (χ3n) is 3.47. The van der Waals surface area contributed by atoms with Crippen molar-refractivity contribution in [1.82, 2.24) is 10.3 Å². The lowest BCUT2D eigenvalue weighted by molar-refractivity contribution is 0.673. The lowest BCUT2D eigenvalue weighted by Crippen LogP contribution is -2.20. The smallest absolute Gasteiger partial charge is 0.129 e. The molecule has 2 heterocycles. The van der Waals surface area contributed by atoms with Crippen LogP contribution in [0.4, 0.5) is 5.82 Å². The van der Waals surface area contributed by atoms with E-state index in [-0.39, 0.29) is 0 Å². The second-order valence-corrected chi connectivity index (χ2v) is 8.07. The van der Waals surface area contributed by atoms with Crippen molar-refractivity contribution in [2.45, 2.75) is 32.0 Å². The van der Waals surface area contributed by atoms with Crippen LogP contribution in [0.1, 0.15) is 24.1 Å². The maximum atomic E-state index is 6.24. The van der Waals surface area contributed by atoms with Crippen LogP contribution in [0.3, 0.4) is 0 Å². The molecule has 3 rings (SSSR count). The zero-order chi connectivity index (χ0) is 14.8. The Morgan fingerprint density at radius 3 is 2.95 bits per heavy atom.